The molecule has 3 aromatic carbocycles. The molecule has 3 nitrogen and oxygen atoms in total. The van der Waals surface area contributed by atoms with Crippen molar-refractivity contribution in [1.29, 1.82) is 0 Å². The van der Waals surface area contributed by atoms with Gasteiger partial charge in [0.05, 0.1) is 0 Å². The van der Waals surface area contributed by atoms with Crippen molar-refractivity contribution in [2.75, 3.05) is 16.8 Å². The third-order valence-electron chi connectivity index (χ3n) is 4.90. The molecule has 0 radical (unpaired) electrons. The monoisotopic (exact) mass is 315 g/mol. The maximum Gasteiger partial charge on any atom is 0.0447 e. The van der Waals surface area contributed by atoms with Crippen molar-refractivity contribution in [3.63, 3.8) is 0 Å². The predicted octanol–water partition coefficient (Wildman–Crippen LogP) is 4.71. The number of nitrogens with two attached hydrogens (primary N) is 2. The lowest BCUT2D eigenvalue weighted by Gasteiger charge is -2.31. The molecule has 1 aliphatic rings. The summed E-state index contributed by atoms with van der Waals surface area (Å²) in [6.45, 7) is 4.11. The van der Waals surface area contributed by atoms with Crippen LogP contribution >= 0.6 is 0 Å². The van der Waals surface area contributed by atoms with Gasteiger partial charge >= 0.3 is 0 Å². The van der Waals surface area contributed by atoms with Crippen LogP contribution in [0, 0.1) is 13.8 Å². The molecule has 0 atom stereocenters. The first-order valence-electron chi connectivity index (χ1n) is 8.16. The van der Waals surface area contributed by atoms with Crippen molar-refractivity contribution in [2.24, 2.45) is 0 Å². The van der Waals surface area contributed by atoms with E-state index in [9.17, 15) is 0 Å². The molecular weight excluding hydrogens is 294 g/mol. The van der Waals surface area contributed by atoms with Crippen LogP contribution in [0.3, 0.4) is 0 Å². The van der Waals surface area contributed by atoms with E-state index < -0.39 is 0 Å². The molecular formula is C21H21N3. The SMILES string of the molecule is Cc1cc2c(cc1N)Nc1cc(N)c(C)cc1C2c1ccccc1. The van der Waals surface area contributed by atoms with Gasteiger partial charge in [-0.1, -0.05) is 42.5 Å². The molecule has 1 aliphatic heterocycles. The Balaban J connectivity index is 2.01. The number of fused-ring (bicyclic) bond motifs is 2. The minimum Gasteiger partial charge on any atom is -0.398 e. The summed E-state index contributed by atoms with van der Waals surface area (Å²) in [4.78, 5) is 0. The van der Waals surface area contributed by atoms with Gasteiger partial charge in [-0.25, -0.2) is 0 Å². The first-order valence-corrected chi connectivity index (χ1v) is 8.16. The minimum atomic E-state index is 0.177. The van der Waals surface area contributed by atoms with Gasteiger partial charge in [-0.3, -0.25) is 0 Å². The lowest BCUT2D eigenvalue weighted by atomic mass is 9.79. The summed E-state index contributed by atoms with van der Waals surface area (Å²) in [6.07, 6.45) is 0. The van der Waals surface area contributed by atoms with Gasteiger partial charge in [0.2, 0.25) is 0 Å². The normalized spacial score (nSPS) is 13.1. The third kappa shape index (κ3) is 2.21. The summed E-state index contributed by atoms with van der Waals surface area (Å²) in [5.74, 6) is 0.177. The average Bonchev–Trinajstić information content (AvgIpc) is 2.57. The molecule has 0 amide bonds. The number of benzene rings is 3. The van der Waals surface area contributed by atoms with E-state index in [0.717, 1.165) is 33.9 Å². The standard InChI is InChI=1S/C21H21N3/c1-12-8-15-19(10-17(12)22)24-20-11-18(23)13(2)9-16(20)21(15)14-6-4-3-5-7-14/h3-11,21,24H,22-23H2,1-2H3. The Labute approximate surface area is 142 Å². The molecule has 3 aromatic rings. The van der Waals surface area contributed by atoms with E-state index in [1.165, 1.54) is 16.7 Å². The van der Waals surface area contributed by atoms with Crippen LogP contribution in [0.5, 0.6) is 0 Å². The van der Waals surface area contributed by atoms with Gasteiger partial charge in [0.1, 0.15) is 0 Å². The van der Waals surface area contributed by atoms with Crippen LogP contribution in [0.2, 0.25) is 0 Å². The van der Waals surface area contributed by atoms with Crippen LogP contribution in [-0.2, 0) is 0 Å². The van der Waals surface area contributed by atoms with Crippen LogP contribution in [0.4, 0.5) is 22.7 Å². The Bertz CT molecular complexity index is 872. The first-order chi connectivity index (χ1) is 11.5. The van der Waals surface area contributed by atoms with E-state index in [1.807, 2.05) is 12.1 Å². The zero-order valence-electron chi connectivity index (χ0n) is 13.9. The Morgan fingerprint density at radius 1 is 0.750 bits per heavy atom. The molecule has 1 heterocycles. The highest BCUT2D eigenvalue weighted by molar-refractivity contribution is 5.81. The number of hydrogen-bond donors (Lipinski definition) is 3. The fourth-order valence-corrected chi connectivity index (χ4v) is 3.51. The molecule has 0 aliphatic carbocycles. The Morgan fingerprint density at radius 2 is 1.25 bits per heavy atom. The minimum absolute atomic E-state index is 0.177. The highest BCUT2D eigenvalue weighted by Crippen LogP contribution is 2.47. The van der Waals surface area contributed by atoms with Crippen molar-refractivity contribution >= 4 is 22.7 Å². The van der Waals surface area contributed by atoms with Crippen LogP contribution < -0.4 is 16.8 Å². The van der Waals surface area contributed by atoms with Gasteiger partial charge in [0.15, 0.2) is 0 Å². The summed E-state index contributed by atoms with van der Waals surface area (Å²) >= 11 is 0. The zero-order chi connectivity index (χ0) is 16.8. The average molecular weight is 315 g/mol. The topological polar surface area (TPSA) is 64.1 Å². The molecule has 0 saturated carbocycles. The molecule has 120 valence electrons. The van der Waals surface area contributed by atoms with Gasteiger partial charge in [0, 0.05) is 28.7 Å². The Hall–Kier alpha value is -2.94. The summed E-state index contributed by atoms with van der Waals surface area (Å²) in [7, 11) is 0. The smallest absolute Gasteiger partial charge is 0.0447 e. The third-order valence-corrected chi connectivity index (χ3v) is 4.90. The Kier molecular flexibility index (Phi) is 3.24. The van der Waals surface area contributed by atoms with E-state index in [-0.39, 0.29) is 5.92 Å². The number of nitrogens with one attached hydrogen (secondary N) is 1. The van der Waals surface area contributed by atoms with E-state index >= 15 is 0 Å². The Morgan fingerprint density at radius 3 is 1.75 bits per heavy atom. The van der Waals surface area contributed by atoms with Crippen molar-refractivity contribution in [1.82, 2.24) is 0 Å². The van der Waals surface area contributed by atoms with E-state index in [1.54, 1.807) is 0 Å². The van der Waals surface area contributed by atoms with Crippen molar-refractivity contribution < 1.29 is 0 Å². The molecule has 0 aromatic heterocycles. The lowest BCUT2D eigenvalue weighted by Crippen LogP contribution is -2.16. The summed E-state index contributed by atoms with van der Waals surface area (Å²) in [5.41, 5.74) is 22.0. The second kappa shape index (κ2) is 5.31. The molecule has 0 saturated heterocycles. The number of nitrogen functional groups attached to an aromatic ring is 2. The van der Waals surface area contributed by atoms with Crippen molar-refractivity contribution in [2.45, 2.75) is 19.8 Å². The molecule has 4 rings (SSSR count). The van der Waals surface area contributed by atoms with Gasteiger partial charge in [-0.2, -0.15) is 0 Å². The fourth-order valence-electron chi connectivity index (χ4n) is 3.51. The highest BCUT2D eigenvalue weighted by atomic mass is 14.9. The molecule has 0 fully saturated rings. The van der Waals surface area contributed by atoms with Crippen molar-refractivity contribution in [3.05, 3.63) is 82.4 Å². The first kappa shape index (κ1) is 14.6. The van der Waals surface area contributed by atoms with E-state index in [2.05, 4.69) is 61.6 Å². The van der Waals surface area contributed by atoms with Gasteiger partial charge in [-0.15, -0.1) is 0 Å². The summed E-state index contributed by atoms with van der Waals surface area (Å²) in [6, 6.07) is 19.0. The molecule has 3 heteroatoms. The van der Waals surface area contributed by atoms with Crippen LogP contribution in [0.15, 0.2) is 54.6 Å². The van der Waals surface area contributed by atoms with Crippen LogP contribution in [-0.4, -0.2) is 0 Å². The predicted molar refractivity (Wildman–Crippen MR) is 102 cm³/mol. The maximum atomic E-state index is 6.14. The number of aryl methyl sites for hydroxylation is 2. The molecule has 0 bridgehead atoms. The molecule has 0 spiro atoms. The van der Waals surface area contributed by atoms with Gasteiger partial charge in [-0.05, 0) is 53.8 Å². The second-order valence-electron chi connectivity index (χ2n) is 6.56. The maximum absolute atomic E-state index is 6.14. The largest absolute Gasteiger partial charge is 0.398 e. The molecule has 0 unspecified atom stereocenters. The van der Waals surface area contributed by atoms with Gasteiger partial charge < -0.3 is 16.8 Å². The molecule has 5 N–H and O–H groups in total. The van der Waals surface area contributed by atoms with E-state index in [4.69, 9.17) is 11.5 Å². The van der Waals surface area contributed by atoms with Gasteiger partial charge in [0.25, 0.3) is 0 Å². The number of anilines is 4. The van der Waals surface area contributed by atoms with E-state index in [0.29, 0.717) is 0 Å². The number of rotatable bonds is 1. The van der Waals surface area contributed by atoms with Crippen molar-refractivity contribution in [3.8, 4) is 0 Å². The summed E-state index contributed by atoms with van der Waals surface area (Å²) in [5, 5.41) is 3.52. The second-order valence-corrected chi connectivity index (χ2v) is 6.56. The molecule has 24 heavy (non-hydrogen) atoms. The quantitative estimate of drug-likeness (QED) is 0.446. The fraction of sp³-hybridized carbons (Fsp3) is 0.143. The lowest BCUT2D eigenvalue weighted by molar-refractivity contribution is 0.960. The van der Waals surface area contributed by atoms with Crippen LogP contribution in [0.1, 0.15) is 33.7 Å². The zero-order valence-corrected chi connectivity index (χ0v) is 13.9. The van der Waals surface area contributed by atoms with Crippen LogP contribution in [0.25, 0.3) is 0 Å². The summed E-state index contributed by atoms with van der Waals surface area (Å²) < 4.78 is 0. The highest BCUT2D eigenvalue weighted by Gasteiger charge is 2.28. The number of hydrogen-bond acceptors (Lipinski definition) is 3.